The number of hydrogen-bond donors (Lipinski definition) is 0. The van der Waals surface area contributed by atoms with Crippen LogP contribution in [0.25, 0.3) is 0 Å². The molecule has 0 saturated heterocycles. The molecule has 0 fully saturated rings. The summed E-state index contributed by atoms with van der Waals surface area (Å²) in [4.78, 5) is 0. The van der Waals surface area contributed by atoms with Gasteiger partial charge in [0.1, 0.15) is 0 Å². The van der Waals surface area contributed by atoms with Gasteiger partial charge in [0.15, 0.2) is 0 Å². The van der Waals surface area contributed by atoms with E-state index in [2.05, 4.69) is 20.4 Å². The molecule has 0 aromatic carbocycles. The van der Waals surface area contributed by atoms with Crippen molar-refractivity contribution in [3.05, 3.63) is 12.7 Å². The molecule has 0 N–H and O–H groups in total. The average Bonchev–Trinajstić information content (AvgIpc) is 1.75. The fraction of sp³-hybridized carbons (Fsp3) is 0.750. The zero-order chi connectivity index (χ0) is 7.41. The van der Waals surface area contributed by atoms with Gasteiger partial charge in [0.05, 0.1) is 0 Å². The summed E-state index contributed by atoms with van der Waals surface area (Å²) >= 11 is 0. The van der Waals surface area contributed by atoms with Crippen molar-refractivity contribution in [2.24, 2.45) is 0 Å². The van der Waals surface area contributed by atoms with Crippen LogP contribution in [0.1, 0.15) is 41.0 Å². The van der Waals surface area contributed by atoms with Crippen molar-refractivity contribution in [1.82, 2.24) is 0 Å². The van der Waals surface area contributed by atoms with E-state index in [-0.39, 0.29) is 32.7 Å². The first-order valence-electron chi connectivity index (χ1n) is 3.40. The van der Waals surface area contributed by atoms with Crippen molar-refractivity contribution in [3.63, 3.8) is 0 Å². The molecule has 0 aliphatic heterocycles. The predicted molar refractivity (Wildman–Crippen MR) is 43.2 cm³/mol. The van der Waals surface area contributed by atoms with Gasteiger partial charge in [0, 0.05) is 32.7 Å². The van der Waals surface area contributed by atoms with E-state index in [1.165, 1.54) is 6.42 Å². The average molecular weight is 205 g/mol. The summed E-state index contributed by atoms with van der Waals surface area (Å²) < 4.78 is 0. The normalized spacial score (nSPS) is 4.11. The Bertz CT molecular complexity index is 18.5. The smallest absolute Gasteiger partial charge is 0 e. The predicted octanol–water partition coefficient (Wildman–Crippen LogP) is 3.63. The van der Waals surface area contributed by atoms with Crippen LogP contribution < -0.4 is 0 Å². The maximum Gasteiger partial charge on any atom is 0 e. The van der Waals surface area contributed by atoms with Gasteiger partial charge < -0.3 is 0 Å². The Kier molecular flexibility index (Phi) is 169. The molecule has 1 heteroatoms. The summed E-state index contributed by atoms with van der Waals surface area (Å²) in [5.41, 5.74) is 0. The Morgan fingerprint density at radius 3 is 1.22 bits per heavy atom. The quantitative estimate of drug-likeness (QED) is 0.529. The number of allylic oxidation sites excluding steroid dienone is 1. The third kappa shape index (κ3) is 582. The molecule has 9 heavy (non-hydrogen) atoms. The van der Waals surface area contributed by atoms with Crippen molar-refractivity contribution in [3.8, 4) is 0 Å². The minimum Gasteiger partial charge on any atom is -0.103 e. The van der Waals surface area contributed by atoms with Crippen LogP contribution in [-0.4, -0.2) is 0 Å². The summed E-state index contributed by atoms with van der Waals surface area (Å²) in [6.07, 6.45) is 3.00. The summed E-state index contributed by atoms with van der Waals surface area (Å²) in [5, 5.41) is 0. The van der Waals surface area contributed by atoms with E-state index in [0.717, 1.165) is 0 Å². The van der Waals surface area contributed by atoms with Gasteiger partial charge >= 0.3 is 0 Å². The second kappa shape index (κ2) is 67.3. The van der Waals surface area contributed by atoms with E-state index in [1.807, 2.05) is 20.8 Å². The molecule has 0 saturated carbocycles. The summed E-state index contributed by atoms with van der Waals surface area (Å²) in [5.74, 6) is 0. The Hall–Kier alpha value is 0.844. The zero-order valence-electron chi connectivity index (χ0n) is 7.57. The van der Waals surface area contributed by atoms with Gasteiger partial charge in [0.2, 0.25) is 0 Å². The Balaban J connectivity index is -0.0000000202. The Morgan fingerprint density at radius 1 is 1.22 bits per heavy atom. The van der Waals surface area contributed by atoms with E-state index in [9.17, 15) is 0 Å². The molecule has 0 atom stereocenters. The zero-order valence-corrected chi connectivity index (χ0v) is 10.4. The monoisotopic (exact) mass is 205 g/mol. The third-order valence-electron chi connectivity index (χ3n) is 0. The van der Waals surface area contributed by atoms with Gasteiger partial charge in [-0.05, 0) is 6.92 Å². The number of rotatable bonds is 0. The van der Waals surface area contributed by atoms with Gasteiger partial charge in [-0.15, -0.1) is 6.58 Å². The van der Waals surface area contributed by atoms with Gasteiger partial charge in [-0.1, -0.05) is 40.2 Å². The minimum absolute atomic E-state index is 0. The first-order chi connectivity index (χ1) is 3.83. The summed E-state index contributed by atoms with van der Waals surface area (Å²) in [7, 11) is 0. The molecule has 0 heterocycles. The van der Waals surface area contributed by atoms with Gasteiger partial charge in [-0.25, -0.2) is 0 Å². The molecule has 55 valence electrons. The molecule has 0 aliphatic rings. The molecule has 0 bridgehead atoms. The maximum atomic E-state index is 3.36. The van der Waals surface area contributed by atoms with Crippen molar-refractivity contribution >= 4 is 0 Å². The van der Waals surface area contributed by atoms with Gasteiger partial charge in [-0.3, -0.25) is 0 Å². The molecule has 0 aliphatic carbocycles. The molecular formula is C8H20Y. The van der Waals surface area contributed by atoms with Crippen LogP contribution >= 0.6 is 0 Å². The molecule has 0 aromatic rings. The van der Waals surface area contributed by atoms with Crippen LogP contribution in [0.15, 0.2) is 12.7 Å². The molecule has 1 radical (unpaired) electrons. The van der Waals surface area contributed by atoms with E-state index in [1.54, 1.807) is 6.08 Å². The van der Waals surface area contributed by atoms with E-state index in [0.29, 0.717) is 0 Å². The molecule has 0 amide bonds. The van der Waals surface area contributed by atoms with Crippen molar-refractivity contribution < 1.29 is 32.7 Å². The van der Waals surface area contributed by atoms with Crippen molar-refractivity contribution in [2.45, 2.75) is 41.0 Å². The van der Waals surface area contributed by atoms with Gasteiger partial charge in [0.25, 0.3) is 0 Å². The SMILES string of the molecule is C=CC.CC.CCC.[Y]. The molecular weight excluding hydrogens is 185 g/mol. The van der Waals surface area contributed by atoms with Crippen LogP contribution in [0.2, 0.25) is 0 Å². The topological polar surface area (TPSA) is 0 Å². The van der Waals surface area contributed by atoms with Crippen molar-refractivity contribution in [2.75, 3.05) is 0 Å². The number of hydrogen-bond acceptors (Lipinski definition) is 0. The molecule has 0 spiro atoms. The van der Waals surface area contributed by atoms with Crippen LogP contribution in [0.4, 0.5) is 0 Å². The van der Waals surface area contributed by atoms with Crippen LogP contribution in [0, 0.1) is 0 Å². The van der Waals surface area contributed by atoms with E-state index in [4.69, 9.17) is 0 Å². The van der Waals surface area contributed by atoms with Crippen molar-refractivity contribution in [1.29, 1.82) is 0 Å². The fourth-order valence-electron chi connectivity index (χ4n) is 0. The molecule has 0 nitrogen and oxygen atoms in total. The van der Waals surface area contributed by atoms with E-state index >= 15 is 0 Å². The molecule has 0 unspecified atom stereocenters. The largest absolute Gasteiger partial charge is 0.103 e. The Morgan fingerprint density at radius 2 is 1.22 bits per heavy atom. The van der Waals surface area contributed by atoms with Crippen LogP contribution in [0.5, 0.6) is 0 Å². The Labute approximate surface area is 86.0 Å². The summed E-state index contributed by atoms with van der Waals surface area (Å²) in [6.45, 7) is 13.5. The minimum atomic E-state index is 0. The second-order valence-corrected chi connectivity index (χ2v) is 1.12. The first-order valence-corrected chi connectivity index (χ1v) is 3.40. The standard InChI is InChI=1S/C3H8.C3H6.C2H6.Y/c2*1-3-2;1-2;/h3H2,1-2H3;3H,1H2,2H3;1-2H3;. The van der Waals surface area contributed by atoms with E-state index < -0.39 is 0 Å². The second-order valence-electron chi connectivity index (χ2n) is 1.12. The van der Waals surface area contributed by atoms with Gasteiger partial charge in [-0.2, -0.15) is 0 Å². The third-order valence-corrected chi connectivity index (χ3v) is 0. The first kappa shape index (κ1) is 22.5. The fourth-order valence-corrected chi connectivity index (χ4v) is 0. The van der Waals surface area contributed by atoms with Crippen LogP contribution in [-0.2, 0) is 32.7 Å². The molecule has 0 rings (SSSR count). The maximum absolute atomic E-state index is 3.36. The van der Waals surface area contributed by atoms with Crippen LogP contribution in [0.3, 0.4) is 0 Å². The molecule has 0 aromatic heterocycles. The summed E-state index contributed by atoms with van der Waals surface area (Å²) in [6, 6.07) is 0.